The molecule has 0 fully saturated rings. The summed E-state index contributed by atoms with van der Waals surface area (Å²) in [5.74, 6) is 0.128. The Morgan fingerprint density at radius 1 is 0.450 bits per heavy atom. The van der Waals surface area contributed by atoms with Crippen molar-refractivity contribution >= 4 is 12.6 Å². The predicted octanol–water partition coefficient (Wildman–Crippen LogP) is 7.57. The highest BCUT2D eigenvalue weighted by molar-refractivity contribution is 5.67. The Bertz CT molecular complexity index is 1400. The van der Waals surface area contributed by atoms with E-state index in [0.29, 0.717) is 11.5 Å². The molecule has 196 valence electrons. The van der Waals surface area contributed by atoms with Crippen LogP contribution in [-0.2, 0) is 9.59 Å². The summed E-state index contributed by atoms with van der Waals surface area (Å²) in [6.07, 6.45) is 4.16. The average molecular weight is 525 g/mol. The lowest BCUT2D eigenvalue weighted by molar-refractivity contribution is 0.307. The quantitative estimate of drug-likeness (QED) is 0.169. The van der Waals surface area contributed by atoms with E-state index in [4.69, 9.17) is 9.47 Å². The van der Waals surface area contributed by atoms with E-state index in [1.165, 1.54) is 0 Å². The molecule has 2 radical (unpaired) electrons. The van der Waals surface area contributed by atoms with E-state index in [-0.39, 0.29) is 13.2 Å². The molecule has 2 atom stereocenters. The van der Waals surface area contributed by atoms with Gasteiger partial charge >= 0.3 is 0 Å². The summed E-state index contributed by atoms with van der Waals surface area (Å²) in [5, 5.41) is 0. The molecule has 0 spiro atoms. The third kappa shape index (κ3) is 6.72. The fraction of sp³-hybridized carbons (Fsp3) is 0.111. The van der Waals surface area contributed by atoms with Crippen molar-refractivity contribution < 1.29 is 19.1 Å². The highest BCUT2D eigenvalue weighted by Crippen LogP contribution is 2.26. The van der Waals surface area contributed by atoms with Gasteiger partial charge in [-0.25, -0.2) is 0 Å². The summed E-state index contributed by atoms with van der Waals surface area (Å²) < 4.78 is 11.8. The fourth-order valence-electron chi connectivity index (χ4n) is 4.50. The summed E-state index contributed by atoms with van der Waals surface area (Å²) >= 11 is 0. The minimum absolute atomic E-state index is 0.136. The third-order valence-electron chi connectivity index (χ3n) is 6.76. The van der Waals surface area contributed by atoms with Gasteiger partial charge < -0.3 is 9.47 Å². The van der Waals surface area contributed by atoms with Crippen LogP contribution in [0.1, 0.15) is 23.0 Å². The van der Waals surface area contributed by atoms with E-state index >= 15 is 0 Å². The van der Waals surface area contributed by atoms with Crippen molar-refractivity contribution in [2.45, 2.75) is 11.8 Å². The van der Waals surface area contributed by atoms with Crippen molar-refractivity contribution in [3.8, 4) is 33.8 Å². The van der Waals surface area contributed by atoms with Crippen molar-refractivity contribution in [3.05, 3.63) is 145 Å². The number of hydrogen-bond acceptors (Lipinski definition) is 4. The molecule has 5 aromatic carbocycles. The Balaban J connectivity index is 1.20. The molecule has 0 aliphatic heterocycles. The van der Waals surface area contributed by atoms with Gasteiger partial charge in [0.05, 0.1) is 11.8 Å². The first-order valence-electron chi connectivity index (χ1n) is 13.2. The number of hydrogen-bond donors (Lipinski definition) is 0. The molecule has 4 heteroatoms. The Labute approximate surface area is 234 Å². The van der Waals surface area contributed by atoms with Gasteiger partial charge in [0.25, 0.3) is 0 Å². The van der Waals surface area contributed by atoms with E-state index in [1.807, 2.05) is 109 Å². The van der Waals surface area contributed by atoms with E-state index < -0.39 is 11.8 Å². The van der Waals surface area contributed by atoms with Gasteiger partial charge in [0.2, 0.25) is 12.6 Å². The average Bonchev–Trinajstić information content (AvgIpc) is 3.03. The summed E-state index contributed by atoms with van der Waals surface area (Å²) in [7, 11) is 0. The fourth-order valence-corrected chi connectivity index (χ4v) is 4.50. The number of benzene rings is 5. The maximum absolute atomic E-state index is 11.9. The molecule has 0 aliphatic rings. The molecule has 0 N–H and O–H groups in total. The maximum atomic E-state index is 11.9. The standard InChI is InChI=1S/C36H28O4/c37-23-33(25-39-35-18-14-29(15-19-35)27-8-3-1-4-9-27)31-12-7-13-32(22-31)34(24-38)26-40-36-20-16-30(17-21-36)28-10-5-2-6-11-28/h1-22,33-34H,25-26H2. The number of rotatable bonds is 12. The van der Waals surface area contributed by atoms with Crippen molar-refractivity contribution in [1.29, 1.82) is 0 Å². The zero-order chi connectivity index (χ0) is 27.6. The van der Waals surface area contributed by atoms with Crippen molar-refractivity contribution in [1.82, 2.24) is 0 Å². The van der Waals surface area contributed by atoms with E-state index in [0.717, 1.165) is 33.4 Å². The molecule has 0 aliphatic carbocycles. The van der Waals surface area contributed by atoms with Crippen LogP contribution in [0.3, 0.4) is 0 Å². The van der Waals surface area contributed by atoms with E-state index in [9.17, 15) is 9.59 Å². The summed E-state index contributed by atoms with van der Waals surface area (Å²) in [6.45, 7) is 0.273. The largest absolute Gasteiger partial charge is 0.492 e. The second kappa shape index (κ2) is 13.2. The molecule has 0 bridgehead atoms. The summed E-state index contributed by atoms with van der Waals surface area (Å²) in [6, 6.07) is 43.0. The van der Waals surface area contributed by atoms with Gasteiger partial charge in [-0.15, -0.1) is 0 Å². The summed E-state index contributed by atoms with van der Waals surface area (Å²) in [5.41, 5.74) is 5.87. The molecule has 40 heavy (non-hydrogen) atoms. The molecule has 0 aromatic heterocycles. The van der Waals surface area contributed by atoms with Crippen LogP contribution in [-0.4, -0.2) is 25.8 Å². The second-order valence-electron chi connectivity index (χ2n) is 9.41. The lowest BCUT2D eigenvalue weighted by Gasteiger charge is -2.16. The van der Waals surface area contributed by atoms with Crippen molar-refractivity contribution in [2.24, 2.45) is 0 Å². The minimum atomic E-state index is -0.604. The van der Waals surface area contributed by atoms with Crippen LogP contribution in [0.2, 0.25) is 0 Å². The molecule has 0 saturated carbocycles. The highest BCUT2D eigenvalue weighted by atomic mass is 16.5. The van der Waals surface area contributed by atoms with Gasteiger partial charge in [-0.1, -0.05) is 109 Å². The Morgan fingerprint density at radius 3 is 1.20 bits per heavy atom. The Morgan fingerprint density at radius 2 is 0.825 bits per heavy atom. The van der Waals surface area contributed by atoms with Crippen molar-refractivity contribution in [2.75, 3.05) is 13.2 Å². The maximum Gasteiger partial charge on any atom is 0.210 e. The van der Waals surface area contributed by atoms with Crippen LogP contribution < -0.4 is 9.47 Å². The highest BCUT2D eigenvalue weighted by Gasteiger charge is 2.18. The smallest absolute Gasteiger partial charge is 0.210 e. The van der Waals surface area contributed by atoms with Gasteiger partial charge in [-0.3, -0.25) is 9.59 Å². The molecule has 0 amide bonds. The lowest BCUT2D eigenvalue weighted by atomic mass is 9.94. The molecule has 5 rings (SSSR count). The predicted molar refractivity (Wildman–Crippen MR) is 158 cm³/mol. The van der Waals surface area contributed by atoms with E-state index in [1.54, 1.807) is 0 Å². The Kier molecular flexibility index (Phi) is 8.80. The normalized spacial score (nSPS) is 12.2. The molecular formula is C36H28O4. The van der Waals surface area contributed by atoms with Gasteiger partial charge in [-0.05, 0) is 57.6 Å². The first kappa shape index (κ1) is 26.6. The molecule has 2 unspecified atom stereocenters. The minimum Gasteiger partial charge on any atom is -0.492 e. The van der Waals surface area contributed by atoms with Crippen LogP contribution >= 0.6 is 0 Å². The van der Waals surface area contributed by atoms with Gasteiger partial charge in [0.15, 0.2) is 0 Å². The topological polar surface area (TPSA) is 52.6 Å². The molecule has 4 nitrogen and oxygen atoms in total. The zero-order valence-corrected chi connectivity index (χ0v) is 21.9. The Hall–Kier alpha value is -4.96. The molecule has 0 saturated heterocycles. The lowest BCUT2D eigenvalue weighted by Crippen LogP contribution is -2.14. The summed E-state index contributed by atoms with van der Waals surface area (Å²) in [4.78, 5) is 23.7. The first-order chi connectivity index (χ1) is 19.7. The van der Waals surface area contributed by atoms with Crippen LogP contribution in [0.5, 0.6) is 11.5 Å². The number of carbonyl (C=O) groups excluding carboxylic acids is 2. The van der Waals surface area contributed by atoms with Crippen LogP contribution in [0.15, 0.2) is 133 Å². The molecule has 5 aromatic rings. The van der Waals surface area contributed by atoms with E-state index in [2.05, 4.69) is 36.8 Å². The van der Waals surface area contributed by atoms with Crippen LogP contribution in [0, 0.1) is 0 Å². The number of ether oxygens (including phenoxy) is 2. The van der Waals surface area contributed by atoms with Crippen LogP contribution in [0.4, 0.5) is 0 Å². The van der Waals surface area contributed by atoms with Gasteiger partial charge in [0, 0.05) is 0 Å². The van der Waals surface area contributed by atoms with Crippen molar-refractivity contribution in [3.63, 3.8) is 0 Å². The molecular weight excluding hydrogens is 496 g/mol. The first-order valence-corrected chi connectivity index (χ1v) is 13.2. The second-order valence-corrected chi connectivity index (χ2v) is 9.41. The molecule has 0 heterocycles. The monoisotopic (exact) mass is 524 g/mol. The third-order valence-corrected chi connectivity index (χ3v) is 6.76. The zero-order valence-electron chi connectivity index (χ0n) is 21.9. The SMILES string of the molecule is O=[C]C(COc1ccc(-c2ccccc2)cc1)c1cccc(C([C]=O)COc2ccc(-c3ccccc3)cc2)c1. The van der Waals surface area contributed by atoms with Gasteiger partial charge in [-0.2, -0.15) is 0 Å². The van der Waals surface area contributed by atoms with Gasteiger partial charge in [0.1, 0.15) is 24.7 Å². The van der Waals surface area contributed by atoms with Crippen LogP contribution in [0.25, 0.3) is 22.3 Å².